The van der Waals surface area contributed by atoms with Crippen molar-refractivity contribution in [2.75, 3.05) is 19.7 Å². The van der Waals surface area contributed by atoms with Gasteiger partial charge in [0.2, 0.25) is 5.91 Å². The summed E-state index contributed by atoms with van der Waals surface area (Å²) < 4.78 is 5.38. The Morgan fingerprint density at radius 1 is 1.08 bits per heavy atom. The molecule has 3 rings (SSSR count). The number of carbonyl (C=O) groups excluding carboxylic acids is 2. The average Bonchev–Trinajstić information content (AvgIpc) is 3.17. The largest absolute Gasteiger partial charge is 0.494 e. The van der Waals surface area contributed by atoms with E-state index in [0.717, 1.165) is 25.1 Å². The fourth-order valence-electron chi connectivity index (χ4n) is 4.34. The Kier molecular flexibility index (Phi) is 6.53. The third-order valence-corrected chi connectivity index (χ3v) is 5.64. The summed E-state index contributed by atoms with van der Waals surface area (Å²) in [6.45, 7) is 3.43. The van der Waals surface area contributed by atoms with Crippen molar-refractivity contribution in [3.8, 4) is 5.75 Å². The van der Waals surface area contributed by atoms with E-state index in [1.165, 1.54) is 32.1 Å². The lowest BCUT2D eigenvalue weighted by Crippen LogP contribution is -2.45. The molecule has 2 amide bonds. The number of hydrogen-bond acceptors (Lipinski definition) is 3. The SMILES string of the molecule is CCOc1ccc(C(=O)NCC(=O)N2CCCC2C2CCCCC2)cc1. The predicted octanol–water partition coefficient (Wildman–Crippen LogP) is 3.39. The van der Waals surface area contributed by atoms with Gasteiger partial charge in [-0.25, -0.2) is 0 Å². The van der Waals surface area contributed by atoms with Crippen LogP contribution < -0.4 is 10.1 Å². The highest BCUT2D eigenvalue weighted by atomic mass is 16.5. The van der Waals surface area contributed by atoms with E-state index in [1.54, 1.807) is 24.3 Å². The van der Waals surface area contributed by atoms with E-state index in [2.05, 4.69) is 5.32 Å². The highest BCUT2D eigenvalue weighted by Crippen LogP contribution is 2.34. The molecule has 2 aliphatic rings. The first-order valence-corrected chi connectivity index (χ1v) is 9.99. The Balaban J connectivity index is 1.51. The van der Waals surface area contributed by atoms with E-state index in [4.69, 9.17) is 4.74 Å². The Bertz CT molecular complexity index is 608. The zero-order chi connectivity index (χ0) is 18.4. The first-order valence-electron chi connectivity index (χ1n) is 9.99. The molecule has 142 valence electrons. The molecule has 1 aliphatic carbocycles. The van der Waals surface area contributed by atoms with Crippen LogP contribution in [0.15, 0.2) is 24.3 Å². The van der Waals surface area contributed by atoms with Gasteiger partial charge in [-0.1, -0.05) is 19.3 Å². The number of nitrogens with zero attached hydrogens (tertiary/aromatic N) is 1. The maximum absolute atomic E-state index is 12.7. The Morgan fingerprint density at radius 2 is 1.81 bits per heavy atom. The van der Waals surface area contributed by atoms with E-state index in [9.17, 15) is 9.59 Å². The van der Waals surface area contributed by atoms with Crippen LogP contribution in [-0.4, -0.2) is 42.5 Å². The maximum atomic E-state index is 12.7. The van der Waals surface area contributed by atoms with Crippen molar-refractivity contribution >= 4 is 11.8 Å². The van der Waals surface area contributed by atoms with Crippen molar-refractivity contribution in [3.05, 3.63) is 29.8 Å². The molecule has 0 radical (unpaired) electrons. The highest BCUT2D eigenvalue weighted by Gasteiger charge is 2.34. The van der Waals surface area contributed by atoms with Gasteiger partial charge in [-0.2, -0.15) is 0 Å². The zero-order valence-corrected chi connectivity index (χ0v) is 15.7. The summed E-state index contributed by atoms with van der Waals surface area (Å²) in [5, 5.41) is 2.78. The molecular weight excluding hydrogens is 328 g/mol. The van der Waals surface area contributed by atoms with E-state index < -0.39 is 0 Å². The number of hydrogen-bond donors (Lipinski definition) is 1. The zero-order valence-electron chi connectivity index (χ0n) is 15.7. The van der Waals surface area contributed by atoms with Gasteiger partial charge < -0.3 is 15.0 Å². The third-order valence-electron chi connectivity index (χ3n) is 5.64. The van der Waals surface area contributed by atoms with Crippen molar-refractivity contribution in [1.82, 2.24) is 10.2 Å². The molecule has 2 fully saturated rings. The first-order chi connectivity index (χ1) is 12.7. The molecule has 1 saturated carbocycles. The van der Waals surface area contributed by atoms with E-state index in [1.807, 2.05) is 11.8 Å². The van der Waals surface area contributed by atoms with Gasteiger partial charge in [0.25, 0.3) is 5.91 Å². The molecule has 1 aromatic rings. The molecule has 1 saturated heterocycles. The van der Waals surface area contributed by atoms with Crippen LogP contribution in [0, 0.1) is 5.92 Å². The smallest absolute Gasteiger partial charge is 0.251 e. The van der Waals surface area contributed by atoms with Crippen molar-refractivity contribution < 1.29 is 14.3 Å². The molecule has 1 heterocycles. The molecule has 0 aromatic heterocycles. The molecule has 1 aliphatic heterocycles. The van der Waals surface area contributed by atoms with Gasteiger partial charge in [0.15, 0.2) is 0 Å². The summed E-state index contributed by atoms with van der Waals surface area (Å²) >= 11 is 0. The number of amides is 2. The van der Waals surface area contributed by atoms with Crippen LogP contribution in [0.5, 0.6) is 5.75 Å². The maximum Gasteiger partial charge on any atom is 0.251 e. The topological polar surface area (TPSA) is 58.6 Å². The van der Waals surface area contributed by atoms with Crippen LogP contribution in [0.25, 0.3) is 0 Å². The fraction of sp³-hybridized carbons (Fsp3) is 0.619. The van der Waals surface area contributed by atoms with Gasteiger partial charge in [-0.3, -0.25) is 9.59 Å². The van der Waals surface area contributed by atoms with Gasteiger partial charge >= 0.3 is 0 Å². The average molecular weight is 358 g/mol. The molecular formula is C21H30N2O3. The van der Waals surface area contributed by atoms with Crippen LogP contribution in [0.3, 0.4) is 0 Å². The minimum Gasteiger partial charge on any atom is -0.494 e. The Labute approximate surface area is 156 Å². The highest BCUT2D eigenvalue weighted by molar-refractivity contribution is 5.96. The fourth-order valence-corrected chi connectivity index (χ4v) is 4.34. The van der Waals surface area contributed by atoms with Crippen LogP contribution in [0.1, 0.15) is 62.2 Å². The van der Waals surface area contributed by atoms with E-state index in [0.29, 0.717) is 24.1 Å². The summed E-state index contributed by atoms with van der Waals surface area (Å²) in [4.78, 5) is 27.0. The number of carbonyl (C=O) groups is 2. The van der Waals surface area contributed by atoms with Crippen molar-refractivity contribution in [1.29, 1.82) is 0 Å². The van der Waals surface area contributed by atoms with Gasteiger partial charge in [0.05, 0.1) is 13.2 Å². The summed E-state index contributed by atoms with van der Waals surface area (Å²) in [6, 6.07) is 7.39. The molecule has 26 heavy (non-hydrogen) atoms. The van der Waals surface area contributed by atoms with E-state index >= 15 is 0 Å². The second-order valence-corrected chi connectivity index (χ2v) is 7.33. The summed E-state index contributed by atoms with van der Waals surface area (Å²) in [6.07, 6.45) is 8.59. The lowest BCUT2D eigenvalue weighted by molar-refractivity contribution is -0.132. The molecule has 1 N–H and O–H groups in total. The quantitative estimate of drug-likeness (QED) is 0.848. The minimum absolute atomic E-state index is 0.0531. The van der Waals surface area contributed by atoms with Crippen LogP contribution in [-0.2, 0) is 4.79 Å². The molecule has 0 spiro atoms. The second-order valence-electron chi connectivity index (χ2n) is 7.33. The van der Waals surface area contributed by atoms with Gasteiger partial charge in [-0.15, -0.1) is 0 Å². The number of nitrogens with one attached hydrogen (secondary N) is 1. The number of rotatable bonds is 6. The monoisotopic (exact) mass is 358 g/mol. The number of ether oxygens (including phenoxy) is 1. The molecule has 1 aromatic carbocycles. The summed E-state index contributed by atoms with van der Waals surface area (Å²) in [5.74, 6) is 1.23. The van der Waals surface area contributed by atoms with Crippen molar-refractivity contribution in [3.63, 3.8) is 0 Å². The Morgan fingerprint density at radius 3 is 2.50 bits per heavy atom. The van der Waals surface area contributed by atoms with Crippen LogP contribution in [0.2, 0.25) is 0 Å². The molecule has 5 nitrogen and oxygen atoms in total. The predicted molar refractivity (Wildman–Crippen MR) is 101 cm³/mol. The van der Waals surface area contributed by atoms with Gasteiger partial charge in [0.1, 0.15) is 5.75 Å². The van der Waals surface area contributed by atoms with Crippen molar-refractivity contribution in [2.45, 2.75) is 57.9 Å². The van der Waals surface area contributed by atoms with E-state index in [-0.39, 0.29) is 18.4 Å². The van der Waals surface area contributed by atoms with Crippen LogP contribution in [0.4, 0.5) is 0 Å². The van der Waals surface area contributed by atoms with Gasteiger partial charge in [-0.05, 0) is 62.8 Å². The first kappa shape index (κ1) is 18.7. The molecule has 1 unspecified atom stereocenters. The van der Waals surface area contributed by atoms with Crippen molar-refractivity contribution in [2.24, 2.45) is 5.92 Å². The minimum atomic E-state index is -0.213. The number of benzene rings is 1. The standard InChI is InChI=1S/C21H30N2O3/c1-2-26-18-12-10-17(11-13-18)21(25)22-15-20(24)23-14-6-9-19(23)16-7-4-3-5-8-16/h10-13,16,19H,2-9,14-15H2,1H3,(H,22,25). The number of likely N-dealkylation sites (tertiary alicyclic amines) is 1. The summed E-state index contributed by atoms with van der Waals surface area (Å²) in [7, 11) is 0. The van der Waals surface area contributed by atoms with Gasteiger partial charge in [0, 0.05) is 18.2 Å². The lowest BCUT2D eigenvalue weighted by atomic mass is 9.83. The second kappa shape index (κ2) is 9.06. The third kappa shape index (κ3) is 4.57. The molecule has 0 bridgehead atoms. The summed E-state index contributed by atoms with van der Waals surface area (Å²) in [5.41, 5.74) is 0.548. The normalized spacial score (nSPS) is 20.8. The Hall–Kier alpha value is -2.04. The van der Waals surface area contributed by atoms with Crippen LogP contribution >= 0.6 is 0 Å². The molecule has 1 atom stereocenters. The lowest BCUT2D eigenvalue weighted by Gasteiger charge is -2.34. The molecule has 5 heteroatoms.